The summed E-state index contributed by atoms with van der Waals surface area (Å²) in [6.07, 6.45) is 0.123. The summed E-state index contributed by atoms with van der Waals surface area (Å²) in [5.41, 5.74) is 0.389. The number of nitrogens with one attached hydrogen (secondary N) is 1. The number of benzene rings is 2. The Morgan fingerprint density at radius 3 is 2.50 bits per heavy atom. The maximum absolute atomic E-state index is 11.7. The lowest BCUT2D eigenvalue weighted by atomic mass is 9.99. The van der Waals surface area contributed by atoms with Crippen LogP contribution in [0.2, 0.25) is 0 Å². The van der Waals surface area contributed by atoms with E-state index in [1.54, 1.807) is 30.3 Å². The Hall–Kier alpha value is -2.78. The molecule has 24 heavy (non-hydrogen) atoms. The number of carbonyl (C=O) groups excluding carboxylic acids is 1. The first-order valence-electron chi connectivity index (χ1n) is 6.72. The summed E-state index contributed by atoms with van der Waals surface area (Å²) in [6.45, 7) is 0. The molecule has 126 valence electrons. The van der Waals surface area contributed by atoms with Crippen molar-refractivity contribution in [1.29, 1.82) is 0 Å². The first kappa shape index (κ1) is 17.6. The lowest BCUT2D eigenvalue weighted by Crippen LogP contribution is -2.11. The van der Waals surface area contributed by atoms with E-state index in [4.69, 9.17) is 0 Å². The van der Waals surface area contributed by atoms with Gasteiger partial charge in [-0.2, -0.15) is 0 Å². The number of anilines is 1. The molecule has 2 aromatic carbocycles. The minimum absolute atomic E-state index is 0.0400. The van der Waals surface area contributed by atoms with Gasteiger partial charge in [0, 0.05) is 23.8 Å². The van der Waals surface area contributed by atoms with Crippen LogP contribution in [0.5, 0.6) is 0 Å². The number of esters is 1. The Bertz CT molecular complexity index is 794. The van der Waals surface area contributed by atoms with E-state index in [1.165, 1.54) is 6.07 Å². The highest BCUT2D eigenvalue weighted by atomic mass is 32.2. The van der Waals surface area contributed by atoms with E-state index in [0.717, 1.165) is 18.7 Å². The van der Waals surface area contributed by atoms with Gasteiger partial charge in [-0.1, -0.05) is 30.3 Å². The summed E-state index contributed by atoms with van der Waals surface area (Å²) < 4.78 is 28.7. The number of methoxy groups -OCH3 is 1. The molecule has 1 N–H and O–H groups in total. The average molecular weight is 349 g/mol. The molecule has 0 saturated carbocycles. The summed E-state index contributed by atoms with van der Waals surface area (Å²) in [5.74, 6) is -0.802. The van der Waals surface area contributed by atoms with Crippen LogP contribution in [0, 0.1) is 10.1 Å². The molecule has 0 heterocycles. The second-order valence-corrected chi connectivity index (χ2v) is 5.44. The molecule has 0 fully saturated rings. The standard InChI is InChI=1S/C15H14N2O6S/c1-23-15(18)11-8-13(16-24(21)22)12(14(9-11)17(19)20)7-10-5-3-2-4-6-10/h2-6,8-9,16H,7H2,1H3,(H,21,22)/p-1. The van der Waals surface area contributed by atoms with Crippen LogP contribution >= 0.6 is 0 Å². The molecule has 0 aromatic heterocycles. The molecule has 0 aliphatic carbocycles. The fourth-order valence-electron chi connectivity index (χ4n) is 2.22. The molecular formula is C15H13N2O6S-. The molecule has 1 unspecified atom stereocenters. The maximum Gasteiger partial charge on any atom is 0.338 e. The molecule has 0 bridgehead atoms. The highest BCUT2D eigenvalue weighted by Crippen LogP contribution is 2.31. The predicted molar refractivity (Wildman–Crippen MR) is 86.2 cm³/mol. The molecule has 0 amide bonds. The summed E-state index contributed by atoms with van der Waals surface area (Å²) in [5, 5.41) is 11.4. The van der Waals surface area contributed by atoms with Crippen LogP contribution in [0.4, 0.5) is 11.4 Å². The summed E-state index contributed by atoms with van der Waals surface area (Å²) >= 11 is -2.70. The molecule has 0 aliphatic rings. The minimum Gasteiger partial charge on any atom is -0.755 e. The summed E-state index contributed by atoms with van der Waals surface area (Å²) in [4.78, 5) is 22.4. The quantitative estimate of drug-likeness (QED) is 0.369. The van der Waals surface area contributed by atoms with Crippen molar-refractivity contribution in [1.82, 2.24) is 0 Å². The fraction of sp³-hybridized carbons (Fsp3) is 0.133. The molecule has 9 heteroatoms. The van der Waals surface area contributed by atoms with Crippen molar-refractivity contribution in [3.05, 3.63) is 69.3 Å². The fourth-order valence-corrected chi connectivity index (χ4v) is 2.58. The predicted octanol–water partition coefficient (Wildman–Crippen LogP) is 2.18. The van der Waals surface area contributed by atoms with Gasteiger partial charge < -0.3 is 14.0 Å². The number of nitro benzene ring substituents is 1. The van der Waals surface area contributed by atoms with Crippen molar-refractivity contribution in [2.24, 2.45) is 0 Å². The third-order valence-corrected chi connectivity index (χ3v) is 3.65. The zero-order chi connectivity index (χ0) is 17.7. The van der Waals surface area contributed by atoms with Crippen molar-refractivity contribution in [2.45, 2.75) is 6.42 Å². The normalized spacial score (nSPS) is 11.6. The van der Waals surface area contributed by atoms with Gasteiger partial charge in [0.15, 0.2) is 0 Å². The number of carbonyl (C=O) groups is 1. The zero-order valence-electron chi connectivity index (χ0n) is 12.6. The Kier molecular flexibility index (Phi) is 5.61. The van der Waals surface area contributed by atoms with Crippen molar-refractivity contribution in [3.8, 4) is 0 Å². The third kappa shape index (κ3) is 4.15. The number of ether oxygens (including phenoxy) is 1. The van der Waals surface area contributed by atoms with E-state index in [2.05, 4.69) is 9.46 Å². The smallest absolute Gasteiger partial charge is 0.338 e. The topological polar surface area (TPSA) is 122 Å². The number of hydrogen-bond donors (Lipinski definition) is 1. The second kappa shape index (κ2) is 7.66. The highest BCUT2D eigenvalue weighted by molar-refractivity contribution is 7.80. The van der Waals surface area contributed by atoms with Crippen molar-refractivity contribution >= 4 is 28.6 Å². The lowest BCUT2D eigenvalue weighted by molar-refractivity contribution is -0.385. The summed E-state index contributed by atoms with van der Waals surface area (Å²) in [6, 6.07) is 11.1. The number of nitro groups is 1. The first-order chi connectivity index (χ1) is 11.4. The Morgan fingerprint density at radius 1 is 1.29 bits per heavy atom. The first-order valence-corrected chi connectivity index (χ1v) is 7.79. The second-order valence-electron chi connectivity index (χ2n) is 4.77. The summed E-state index contributed by atoms with van der Waals surface area (Å²) in [7, 11) is 1.13. The zero-order valence-corrected chi connectivity index (χ0v) is 13.4. The molecular weight excluding hydrogens is 336 g/mol. The SMILES string of the molecule is COC(=O)c1cc(NS(=O)[O-])c(Cc2ccccc2)c([N+](=O)[O-])c1. The Labute approximate surface area is 140 Å². The van der Waals surface area contributed by atoms with Gasteiger partial charge in [-0.05, 0) is 11.6 Å². The molecule has 2 rings (SSSR count). The van der Waals surface area contributed by atoms with Gasteiger partial charge in [0.2, 0.25) is 0 Å². The molecule has 1 atom stereocenters. The van der Waals surface area contributed by atoms with E-state index in [0.29, 0.717) is 0 Å². The number of rotatable bonds is 6. The van der Waals surface area contributed by atoms with Crippen LogP contribution in [-0.2, 0) is 22.4 Å². The third-order valence-electron chi connectivity index (χ3n) is 3.26. The largest absolute Gasteiger partial charge is 0.755 e. The monoisotopic (exact) mass is 349 g/mol. The van der Waals surface area contributed by atoms with E-state index in [9.17, 15) is 23.7 Å². The van der Waals surface area contributed by atoms with Crippen LogP contribution in [0.1, 0.15) is 21.5 Å². The van der Waals surface area contributed by atoms with Crippen molar-refractivity contribution in [3.63, 3.8) is 0 Å². The van der Waals surface area contributed by atoms with Crippen LogP contribution in [0.3, 0.4) is 0 Å². The van der Waals surface area contributed by atoms with Crippen molar-refractivity contribution in [2.75, 3.05) is 11.8 Å². The van der Waals surface area contributed by atoms with Gasteiger partial charge in [-0.15, -0.1) is 0 Å². The minimum atomic E-state index is -2.70. The number of nitrogens with zero attached hydrogens (tertiary/aromatic N) is 1. The van der Waals surface area contributed by atoms with E-state index in [1.807, 2.05) is 0 Å². The van der Waals surface area contributed by atoms with Gasteiger partial charge in [0.05, 0.1) is 28.8 Å². The Balaban J connectivity index is 2.61. The van der Waals surface area contributed by atoms with Gasteiger partial charge >= 0.3 is 5.97 Å². The number of hydrogen-bond acceptors (Lipinski definition) is 6. The molecule has 2 aromatic rings. The van der Waals surface area contributed by atoms with Gasteiger partial charge in [0.25, 0.3) is 5.69 Å². The Morgan fingerprint density at radius 2 is 1.96 bits per heavy atom. The van der Waals surface area contributed by atoms with Gasteiger partial charge in [-0.25, -0.2) is 4.79 Å². The highest BCUT2D eigenvalue weighted by Gasteiger charge is 2.23. The van der Waals surface area contributed by atoms with Crippen molar-refractivity contribution < 1.29 is 23.2 Å². The molecule has 8 nitrogen and oxygen atoms in total. The maximum atomic E-state index is 11.7. The molecule has 0 saturated heterocycles. The van der Waals surface area contributed by atoms with Crippen LogP contribution in [-0.4, -0.2) is 26.8 Å². The average Bonchev–Trinajstić information content (AvgIpc) is 2.55. The molecule has 0 radical (unpaired) electrons. The van der Waals surface area contributed by atoms with E-state index >= 15 is 0 Å². The van der Waals surface area contributed by atoms with Crippen LogP contribution in [0.15, 0.2) is 42.5 Å². The van der Waals surface area contributed by atoms with Gasteiger partial charge in [-0.3, -0.25) is 14.3 Å². The lowest BCUT2D eigenvalue weighted by Gasteiger charge is -2.15. The van der Waals surface area contributed by atoms with Crippen LogP contribution in [0.25, 0.3) is 0 Å². The van der Waals surface area contributed by atoms with E-state index in [-0.39, 0.29) is 28.9 Å². The van der Waals surface area contributed by atoms with E-state index < -0.39 is 22.2 Å². The van der Waals surface area contributed by atoms with Gasteiger partial charge in [0.1, 0.15) is 0 Å². The van der Waals surface area contributed by atoms with Crippen LogP contribution < -0.4 is 4.72 Å². The molecule has 0 spiro atoms. The molecule has 0 aliphatic heterocycles.